The molecule has 18 nitrogen and oxygen atoms in total. The van der Waals surface area contributed by atoms with E-state index in [-0.39, 0.29) is 62.5 Å². The number of amides is 4. The normalized spacial score (nSPS) is 13.1. The van der Waals surface area contributed by atoms with Crippen molar-refractivity contribution in [1.29, 1.82) is 0 Å². The fraction of sp³-hybridized carbons (Fsp3) is 0.692. The van der Waals surface area contributed by atoms with E-state index >= 15 is 0 Å². The molecule has 0 spiro atoms. The van der Waals surface area contributed by atoms with Gasteiger partial charge < -0.3 is 52.4 Å². The van der Waals surface area contributed by atoms with E-state index in [1.165, 1.54) is 0 Å². The maximum atomic E-state index is 11.8. The summed E-state index contributed by atoms with van der Waals surface area (Å²) in [5, 5.41) is 26.7. The average molecular weight is 699 g/mol. The summed E-state index contributed by atoms with van der Waals surface area (Å²) >= 11 is 7.92. The smallest absolute Gasteiger partial charge is 0.325 e. The fourth-order valence-electron chi connectivity index (χ4n) is 2.92. The van der Waals surface area contributed by atoms with E-state index in [4.69, 9.17) is 31.2 Å². The second-order valence-corrected chi connectivity index (χ2v) is 10.8. The van der Waals surface area contributed by atoms with Crippen LogP contribution in [-0.2, 0) is 47.8 Å². The largest absolute Gasteiger partial charge is 0.480 e. The van der Waals surface area contributed by atoms with E-state index in [9.17, 15) is 38.4 Å². The molecule has 0 rings (SSSR count). The Kier molecular flexibility index (Phi) is 23.8. The van der Waals surface area contributed by atoms with E-state index < -0.39 is 71.7 Å². The Morgan fingerprint density at radius 1 is 0.630 bits per heavy atom. The third kappa shape index (κ3) is 22.8. The molecule has 10 N–H and O–H groups in total. The molecule has 0 aromatic rings. The van der Waals surface area contributed by atoms with Crippen molar-refractivity contribution < 1.29 is 58.0 Å². The first-order valence-corrected chi connectivity index (χ1v) is 15.3. The maximum Gasteiger partial charge on any atom is 0.325 e. The molecule has 0 unspecified atom stereocenters. The van der Waals surface area contributed by atoms with Gasteiger partial charge in [0.05, 0.1) is 12.2 Å². The van der Waals surface area contributed by atoms with Crippen molar-refractivity contribution in [2.24, 2.45) is 11.5 Å². The van der Waals surface area contributed by atoms with Crippen molar-refractivity contribution in [1.82, 2.24) is 21.3 Å². The molecule has 0 aromatic heterocycles. The first-order valence-electron chi connectivity index (χ1n) is 14.1. The summed E-state index contributed by atoms with van der Waals surface area (Å²) in [7, 11) is 0. The van der Waals surface area contributed by atoms with Crippen molar-refractivity contribution in [3.8, 4) is 0 Å². The first-order chi connectivity index (χ1) is 21.3. The summed E-state index contributed by atoms with van der Waals surface area (Å²) in [6.45, 7) is 6.08. The fourth-order valence-corrected chi connectivity index (χ4v) is 3.43. The van der Waals surface area contributed by atoms with Crippen LogP contribution in [0.4, 0.5) is 0 Å². The lowest BCUT2D eigenvalue weighted by Crippen LogP contribution is -2.49. The van der Waals surface area contributed by atoms with Gasteiger partial charge in [-0.25, -0.2) is 0 Å². The molecule has 0 saturated carbocycles. The SMILES string of the molecule is CC(C)OC(=O)CNC(=O)[C@H](CS)NC(=O)CC[C@H](N)C(=O)O.CC(C)OC(=O)CNC(=O)[C@H](CS)NC(=O)CC[C@H](N)C(=O)O. The number of thiol groups is 2. The third-order valence-electron chi connectivity index (χ3n) is 5.22. The molecule has 0 aliphatic carbocycles. The summed E-state index contributed by atoms with van der Waals surface area (Å²) < 4.78 is 9.71. The molecule has 0 bridgehead atoms. The van der Waals surface area contributed by atoms with Crippen molar-refractivity contribution in [3.63, 3.8) is 0 Å². The summed E-state index contributed by atoms with van der Waals surface area (Å²) in [5.74, 6) is -5.79. The van der Waals surface area contributed by atoms with Crippen molar-refractivity contribution >= 4 is 72.8 Å². The van der Waals surface area contributed by atoms with Crippen molar-refractivity contribution in [3.05, 3.63) is 0 Å². The Bertz CT molecular complexity index is 967. The molecule has 0 aliphatic heterocycles. The van der Waals surface area contributed by atoms with Gasteiger partial charge in [-0.2, -0.15) is 25.3 Å². The highest BCUT2D eigenvalue weighted by Crippen LogP contribution is 1.99. The van der Waals surface area contributed by atoms with Gasteiger partial charge >= 0.3 is 23.9 Å². The number of carbonyl (C=O) groups is 8. The minimum absolute atomic E-state index is 0.0157. The number of carboxylic acid groups (broad SMARTS) is 2. The van der Waals surface area contributed by atoms with Gasteiger partial charge in [-0.15, -0.1) is 0 Å². The Labute approximate surface area is 277 Å². The molecule has 46 heavy (non-hydrogen) atoms. The lowest BCUT2D eigenvalue weighted by molar-refractivity contribution is -0.148. The van der Waals surface area contributed by atoms with E-state index in [0.717, 1.165) is 0 Å². The molecule has 0 saturated heterocycles. The zero-order chi connectivity index (χ0) is 36.0. The average Bonchev–Trinajstić information content (AvgIpc) is 2.96. The number of ether oxygens (including phenoxy) is 2. The molecule has 0 aromatic carbocycles. The highest BCUT2D eigenvalue weighted by atomic mass is 32.1. The quantitative estimate of drug-likeness (QED) is 0.0458. The molecule has 0 radical (unpaired) electrons. The molecule has 0 fully saturated rings. The molecular weight excluding hydrogens is 652 g/mol. The predicted octanol–water partition coefficient (Wildman–Crippen LogP) is -2.68. The molecule has 4 atom stereocenters. The van der Waals surface area contributed by atoms with Crippen LogP contribution >= 0.6 is 25.3 Å². The Morgan fingerprint density at radius 3 is 1.17 bits per heavy atom. The van der Waals surface area contributed by atoms with Crippen LogP contribution in [0.2, 0.25) is 0 Å². The number of rotatable bonds is 20. The van der Waals surface area contributed by atoms with Gasteiger partial charge in [0.15, 0.2) is 0 Å². The molecule has 0 heterocycles. The van der Waals surface area contributed by atoms with E-state index in [1.54, 1.807) is 27.7 Å². The second kappa shape index (κ2) is 24.6. The number of hydrogen-bond acceptors (Lipinski definition) is 14. The molecular formula is C26H46N6O12S2. The van der Waals surface area contributed by atoms with Crippen LogP contribution in [0.5, 0.6) is 0 Å². The highest BCUT2D eigenvalue weighted by molar-refractivity contribution is 7.80. The van der Waals surface area contributed by atoms with Gasteiger partial charge in [-0.3, -0.25) is 38.4 Å². The molecule has 0 aliphatic rings. The molecule has 4 amide bonds. The predicted molar refractivity (Wildman–Crippen MR) is 170 cm³/mol. The van der Waals surface area contributed by atoms with Crippen molar-refractivity contribution in [2.75, 3.05) is 24.6 Å². The Balaban J connectivity index is 0. The summed E-state index contributed by atoms with van der Waals surface area (Å²) in [6.07, 6.45) is -0.969. The zero-order valence-electron chi connectivity index (χ0n) is 26.1. The Morgan fingerprint density at radius 2 is 0.935 bits per heavy atom. The van der Waals surface area contributed by atoms with Crippen LogP contribution < -0.4 is 32.7 Å². The monoisotopic (exact) mass is 698 g/mol. The topological polar surface area (TPSA) is 296 Å². The van der Waals surface area contributed by atoms with Crippen LogP contribution in [0.3, 0.4) is 0 Å². The van der Waals surface area contributed by atoms with Gasteiger partial charge in [-0.1, -0.05) is 0 Å². The van der Waals surface area contributed by atoms with Crippen LogP contribution in [0.25, 0.3) is 0 Å². The second-order valence-electron chi connectivity index (χ2n) is 10.1. The number of nitrogens with one attached hydrogen (secondary N) is 4. The van der Waals surface area contributed by atoms with Crippen LogP contribution in [0.1, 0.15) is 53.4 Å². The van der Waals surface area contributed by atoms with Gasteiger partial charge in [0, 0.05) is 24.3 Å². The van der Waals surface area contributed by atoms with Gasteiger partial charge in [-0.05, 0) is 40.5 Å². The van der Waals surface area contributed by atoms with Crippen LogP contribution in [-0.4, -0.2) is 119 Å². The number of nitrogens with two attached hydrogens (primary N) is 2. The standard InChI is InChI=1S/2C13H23N3O6S/c2*1-7(2)22-11(18)5-15-12(19)9(6-23)16-10(17)4-3-8(14)13(20)21/h2*7-9,23H,3-6,14H2,1-2H3,(H,15,19)(H,16,17)(H,20,21)/t2*8-,9-/m00/s1. The van der Waals surface area contributed by atoms with Gasteiger partial charge in [0.1, 0.15) is 37.3 Å². The number of aliphatic carboxylic acids is 2. The van der Waals surface area contributed by atoms with E-state index in [2.05, 4.69) is 46.5 Å². The number of carbonyl (C=O) groups excluding carboxylic acids is 6. The maximum absolute atomic E-state index is 11.8. The van der Waals surface area contributed by atoms with E-state index in [1.807, 2.05) is 0 Å². The number of esters is 2. The summed E-state index contributed by atoms with van der Waals surface area (Å²) in [6, 6.07) is -4.18. The van der Waals surface area contributed by atoms with Crippen LogP contribution in [0.15, 0.2) is 0 Å². The molecule has 264 valence electrons. The van der Waals surface area contributed by atoms with Gasteiger partial charge in [0.2, 0.25) is 23.6 Å². The Hall–Kier alpha value is -3.62. The minimum Gasteiger partial charge on any atom is -0.480 e. The summed E-state index contributed by atoms with van der Waals surface area (Å²) in [5.41, 5.74) is 10.6. The molecule has 20 heteroatoms. The first kappa shape index (κ1) is 44.5. The minimum atomic E-state index is -1.20. The lowest BCUT2D eigenvalue weighted by Gasteiger charge is -2.17. The number of carboxylic acids is 2. The van der Waals surface area contributed by atoms with Crippen molar-refractivity contribution in [2.45, 2.75) is 89.8 Å². The number of hydrogen-bond donors (Lipinski definition) is 10. The zero-order valence-corrected chi connectivity index (χ0v) is 27.9. The van der Waals surface area contributed by atoms with Crippen LogP contribution in [0, 0.1) is 0 Å². The lowest BCUT2D eigenvalue weighted by atomic mass is 10.1. The third-order valence-corrected chi connectivity index (χ3v) is 5.95. The highest BCUT2D eigenvalue weighted by Gasteiger charge is 2.23. The summed E-state index contributed by atoms with van der Waals surface area (Å²) in [4.78, 5) is 90.7. The van der Waals surface area contributed by atoms with E-state index in [0.29, 0.717) is 0 Å². The van der Waals surface area contributed by atoms with Gasteiger partial charge in [0.25, 0.3) is 0 Å².